The van der Waals surface area contributed by atoms with Crippen molar-refractivity contribution in [1.82, 2.24) is 0 Å². The largest absolute Gasteiger partial charge is 0.508 e. The summed E-state index contributed by atoms with van der Waals surface area (Å²) in [6, 6.07) is 22.8. The molecule has 0 aliphatic carbocycles. The molecule has 0 fully saturated rings. The molecular formula is C21H16O3. The van der Waals surface area contributed by atoms with Gasteiger partial charge in [0.2, 0.25) is 0 Å². The van der Waals surface area contributed by atoms with E-state index in [4.69, 9.17) is 4.74 Å². The molecule has 4 rings (SSSR count). The SMILES string of the molecule is O=C1C[C@@H](c2ccc(-c3ccccc3)cc2)Oc2cc(O)ccc21. The van der Waals surface area contributed by atoms with Gasteiger partial charge in [-0.2, -0.15) is 0 Å². The number of ether oxygens (including phenoxy) is 1. The van der Waals surface area contributed by atoms with E-state index in [1.165, 1.54) is 12.1 Å². The molecule has 1 N–H and O–H groups in total. The van der Waals surface area contributed by atoms with Crippen molar-refractivity contribution in [3.05, 3.63) is 83.9 Å². The van der Waals surface area contributed by atoms with Crippen molar-refractivity contribution < 1.29 is 14.6 Å². The van der Waals surface area contributed by atoms with Crippen molar-refractivity contribution in [2.24, 2.45) is 0 Å². The maximum absolute atomic E-state index is 12.3. The number of phenols is 1. The first-order valence-electron chi connectivity index (χ1n) is 7.89. The van der Waals surface area contributed by atoms with Crippen molar-refractivity contribution in [1.29, 1.82) is 0 Å². The molecule has 1 atom stereocenters. The molecule has 0 saturated heterocycles. The minimum atomic E-state index is -0.323. The number of rotatable bonds is 2. The Morgan fingerprint density at radius 2 is 1.58 bits per heavy atom. The summed E-state index contributed by atoms with van der Waals surface area (Å²) in [6.07, 6.45) is -0.0146. The molecule has 3 heteroatoms. The van der Waals surface area contributed by atoms with E-state index in [-0.39, 0.29) is 17.6 Å². The van der Waals surface area contributed by atoms with Crippen LogP contribution in [0.15, 0.2) is 72.8 Å². The van der Waals surface area contributed by atoms with Crippen molar-refractivity contribution in [3.8, 4) is 22.6 Å². The van der Waals surface area contributed by atoms with E-state index in [0.717, 1.165) is 16.7 Å². The highest BCUT2D eigenvalue weighted by atomic mass is 16.5. The zero-order valence-electron chi connectivity index (χ0n) is 13.0. The Kier molecular flexibility index (Phi) is 3.54. The normalized spacial score (nSPS) is 16.3. The standard InChI is InChI=1S/C21H16O3/c22-17-10-11-18-19(23)13-20(24-21(18)12-17)16-8-6-15(7-9-16)14-4-2-1-3-5-14/h1-12,20,22H,13H2/t20-/m0/s1. The number of carbonyl (C=O) groups is 1. The van der Waals surface area contributed by atoms with Gasteiger partial charge in [0.15, 0.2) is 5.78 Å². The fraction of sp³-hybridized carbons (Fsp3) is 0.0952. The smallest absolute Gasteiger partial charge is 0.170 e. The maximum Gasteiger partial charge on any atom is 0.170 e. The summed E-state index contributed by atoms with van der Waals surface area (Å²) in [7, 11) is 0. The summed E-state index contributed by atoms with van der Waals surface area (Å²) >= 11 is 0. The molecule has 1 aliphatic heterocycles. The van der Waals surface area contributed by atoms with Gasteiger partial charge in [0.25, 0.3) is 0 Å². The number of benzene rings is 3. The van der Waals surface area contributed by atoms with Gasteiger partial charge in [-0.05, 0) is 28.8 Å². The number of Topliss-reactive ketones (excluding diaryl/α,β-unsaturated/α-hetero) is 1. The highest BCUT2D eigenvalue weighted by Crippen LogP contribution is 2.37. The second kappa shape index (κ2) is 5.85. The summed E-state index contributed by atoms with van der Waals surface area (Å²) < 4.78 is 5.93. The Labute approximate surface area is 140 Å². The van der Waals surface area contributed by atoms with Gasteiger partial charge in [0, 0.05) is 6.07 Å². The van der Waals surface area contributed by atoms with Crippen molar-refractivity contribution in [2.75, 3.05) is 0 Å². The third kappa shape index (κ3) is 2.65. The second-order valence-electron chi connectivity index (χ2n) is 5.90. The molecular weight excluding hydrogens is 300 g/mol. The summed E-state index contributed by atoms with van der Waals surface area (Å²) in [4.78, 5) is 12.3. The highest BCUT2D eigenvalue weighted by molar-refractivity contribution is 6.00. The van der Waals surface area contributed by atoms with Gasteiger partial charge in [0.1, 0.15) is 17.6 Å². The first-order valence-corrected chi connectivity index (χ1v) is 7.89. The number of fused-ring (bicyclic) bond motifs is 1. The average molecular weight is 316 g/mol. The molecule has 24 heavy (non-hydrogen) atoms. The number of hydrogen-bond donors (Lipinski definition) is 1. The predicted octanol–water partition coefficient (Wildman–Crippen LogP) is 4.77. The summed E-state index contributed by atoms with van der Waals surface area (Å²) in [5.41, 5.74) is 3.77. The molecule has 3 aromatic carbocycles. The molecule has 3 aromatic rings. The van der Waals surface area contributed by atoms with E-state index >= 15 is 0 Å². The van der Waals surface area contributed by atoms with Gasteiger partial charge in [-0.3, -0.25) is 4.79 Å². The molecule has 3 nitrogen and oxygen atoms in total. The minimum Gasteiger partial charge on any atom is -0.508 e. The first-order chi connectivity index (χ1) is 11.7. The first kappa shape index (κ1) is 14.5. The quantitative estimate of drug-likeness (QED) is 0.741. The van der Waals surface area contributed by atoms with Crippen LogP contribution in [0, 0.1) is 0 Å². The Morgan fingerprint density at radius 1 is 0.875 bits per heavy atom. The van der Waals surface area contributed by atoms with Crippen LogP contribution in [0.2, 0.25) is 0 Å². The predicted molar refractivity (Wildman–Crippen MR) is 92.3 cm³/mol. The fourth-order valence-corrected chi connectivity index (χ4v) is 3.02. The van der Waals surface area contributed by atoms with E-state index in [9.17, 15) is 9.90 Å². The summed E-state index contributed by atoms with van der Waals surface area (Å²) in [5.74, 6) is 0.582. The van der Waals surface area contributed by atoms with Gasteiger partial charge >= 0.3 is 0 Å². The lowest BCUT2D eigenvalue weighted by Crippen LogP contribution is -2.20. The summed E-state index contributed by atoms with van der Waals surface area (Å²) in [6.45, 7) is 0. The Morgan fingerprint density at radius 3 is 2.33 bits per heavy atom. The van der Waals surface area contributed by atoms with Crippen molar-refractivity contribution >= 4 is 5.78 Å². The zero-order chi connectivity index (χ0) is 16.5. The van der Waals surface area contributed by atoms with E-state index < -0.39 is 0 Å². The maximum atomic E-state index is 12.3. The second-order valence-corrected chi connectivity index (χ2v) is 5.90. The van der Waals surface area contributed by atoms with Gasteiger partial charge < -0.3 is 9.84 Å². The van der Waals surface area contributed by atoms with Crippen LogP contribution < -0.4 is 4.74 Å². The van der Waals surface area contributed by atoms with Gasteiger partial charge in [-0.1, -0.05) is 54.6 Å². The Balaban J connectivity index is 1.62. The molecule has 0 saturated carbocycles. The van der Waals surface area contributed by atoms with E-state index in [2.05, 4.69) is 12.1 Å². The van der Waals surface area contributed by atoms with Crippen LogP contribution in [0.25, 0.3) is 11.1 Å². The molecule has 0 bridgehead atoms. The van der Waals surface area contributed by atoms with Crippen LogP contribution >= 0.6 is 0 Å². The van der Waals surface area contributed by atoms with Crippen molar-refractivity contribution in [3.63, 3.8) is 0 Å². The fourth-order valence-electron chi connectivity index (χ4n) is 3.02. The molecule has 0 aromatic heterocycles. The van der Waals surface area contributed by atoms with Crippen LogP contribution in [0.3, 0.4) is 0 Å². The van der Waals surface area contributed by atoms with Crippen LogP contribution in [0.5, 0.6) is 11.5 Å². The number of carbonyl (C=O) groups excluding carboxylic acids is 1. The van der Waals surface area contributed by atoms with Crippen LogP contribution in [0.1, 0.15) is 28.4 Å². The van der Waals surface area contributed by atoms with E-state index in [1.807, 2.05) is 42.5 Å². The monoisotopic (exact) mass is 316 g/mol. The molecule has 1 heterocycles. The number of aromatic hydroxyl groups is 1. The van der Waals surface area contributed by atoms with Crippen molar-refractivity contribution in [2.45, 2.75) is 12.5 Å². The topological polar surface area (TPSA) is 46.5 Å². The molecule has 0 spiro atoms. The molecule has 0 radical (unpaired) electrons. The third-order valence-corrected chi connectivity index (χ3v) is 4.30. The molecule has 1 aliphatic rings. The van der Waals surface area contributed by atoms with Crippen LogP contribution in [-0.2, 0) is 0 Å². The molecule has 118 valence electrons. The van der Waals surface area contributed by atoms with Gasteiger partial charge in [-0.15, -0.1) is 0 Å². The summed E-state index contributed by atoms with van der Waals surface area (Å²) in [5, 5.41) is 9.60. The lowest BCUT2D eigenvalue weighted by atomic mass is 9.95. The molecule has 0 unspecified atom stereocenters. The number of phenolic OH excluding ortho intramolecular Hbond substituents is 1. The number of hydrogen-bond acceptors (Lipinski definition) is 3. The Bertz CT molecular complexity index is 883. The van der Waals surface area contributed by atoms with Gasteiger partial charge in [-0.25, -0.2) is 0 Å². The third-order valence-electron chi connectivity index (χ3n) is 4.30. The zero-order valence-corrected chi connectivity index (χ0v) is 13.0. The minimum absolute atomic E-state index is 0.0355. The van der Waals surface area contributed by atoms with Gasteiger partial charge in [0.05, 0.1) is 12.0 Å². The van der Waals surface area contributed by atoms with Crippen LogP contribution in [0.4, 0.5) is 0 Å². The van der Waals surface area contributed by atoms with E-state index in [1.54, 1.807) is 6.07 Å². The van der Waals surface area contributed by atoms with Crippen LogP contribution in [-0.4, -0.2) is 10.9 Å². The highest BCUT2D eigenvalue weighted by Gasteiger charge is 2.27. The Hall–Kier alpha value is -3.07. The number of ketones is 1. The lowest BCUT2D eigenvalue weighted by molar-refractivity contribution is 0.0849. The van der Waals surface area contributed by atoms with E-state index in [0.29, 0.717) is 17.7 Å². The average Bonchev–Trinajstić information content (AvgIpc) is 2.62. The lowest BCUT2D eigenvalue weighted by Gasteiger charge is -2.25. The molecule has 0 amide bonds.